The second-order valence-corrected chi connectivity index (χ2v) is 7.51. The van der Waals surface area contributed by atoms with Gasteiger partial charge in [-0.1, -0.05) is 57.9 Å². The summed E-state index contributed by atoms with van der Waals surface area (Å²) in [6.07, 6.45) is 0. The van der Waals surface area contributed by atoms with E-state index in [1.54, 1.807) is 0 Å². The fraction of sp³-hybridized carbons (Fsp3) is 0.278. The van der Waals surface area contributed by atoms with Crippen LogP contribution >= 0.6 is 39.7 Å². The van der Waals surface area contributed by atoms with Crippen molar-refractivity contribution in [1.29, 1.82) is 0 Å². The van der Waals surface area contributed by atoms with E-state index in [1.165, 1.54) is 5.56 Å². The Morgan fingerprint density at radius 2 is 1.79 bits per heavy atom. The Hall–Kier alpha value is -1.14. The van der Waals surface area contributed by atoms with Crippen LogP contribution in [0.15, 0.2) is 53.0 Å². The molecule has 0 amide bonds. The Morgan fingerprint density at radius 1 is 1.08 bits per heavy atom. The summed E-state index contributed by atoms with van der Waals surface area (Å²) in [6, 6.07) is 16.3. The predicted molar refractivity (Wildman–Crippen MR) is 109 cm³/mol. The van der Waals surface area contributed by atoms with Gasteiger partial charge in [-0.05, 0) is 36.0 Å². The van der Waals surface area contributed by atoms with Crippen molar-refractivity contribution in [3.63, 3.8) is 0 Å². The molecule has 0 saturated carbocycles. The van der Waals surface area contributed by atoms with E-state index in [2.05, 4.69) is 61.4 Å². The van der Waals surface area contributed by atoms with E-state index < -0.39 is 0 Å². The van der Waals surface area contributed by atoms with Crippen LogP contribution in [-0.4, -0.2) is 41.1 Å². The summed E-state index contributed by atoms with van der Waals surface area (Å²) in [5.74, 6) is 0. The molecule has 0 aromatic heterocycles. The molecule has 1 aliphatic heterocycles. The summed E-state index contributed by atoms with van der Waals surface area (Å²) in [5.41, 5.74) is 2.20. The predicted octanol–water partition coefficient (Wildman–Crippen LogP) is 4.62. The molecule has 0 spiro atoms. The third-order valence-corrected chi connectivity index (χ3v) is 5.25. The lowest BCUT2D eigenvalue weighted by Gasteiger charge is -2.36. The van der Waals surface area contributed by atoms with E-state index in [0.29, 0.717) is 5.02 Å². The Bertz CT molecular complexity index is 703. The molecule has 2 aromatic carbocycles. The standard InChI is InChI=1S/C18H19BrClN3S/c19-15-6-7-17(16(20)12-15)21-18(24)23-10-8-22(9-11-23)13-14-4-2-1-3-5-14/h1-7,12H,8-11,13H2,(H,21,24). The quantitative estimate of drug-likeness (QED) is 0.725. The van der Waals surface area contributed by atoms with Crippen LogP contribution in [0.4, 0.5) is 5.69 Å². The summed E-state index contributed by atoms with van der Waals surface area (Å²) in [6.45, 7) is 4.85. The molecular formula is C18H19BrClN3S. The Morgan fingerprint density at radius 3 is 2.46 bits per heavy atom. The Kier molecular flexibility index (Phi) is 6.11. The molecule has 0 atom stereocenters. The number of thiocarbonyl (C=S) groups is 1. The van der Waals surface area contributed by atoms with Crippen molar-refractivity contribution in [3.05, 3.63) is 63.6 Å². The van der Waals surface area contributed by atoms with Gasteiger partial charge in [-0.25, -0.2) is 0 Å². The highest BCUT2D eigenvalue weighted by atomic mass is 79.9. The fourth-order valence-corrected chi connectivity index (χ4v) is 3.75. The van der Waals surface area contributed by atoms with Crippen molar-refractivity contribution in [2.45, 2.75) is 6.54 Å². The van der Waals surface area contributed by atoms with Crippen molar-refractivity contribution in [2.75, 3.05) is 31.5 Å². The van der Waals surface area contributed by atoms with E-state index in [0.717, 1.165) is 48.0 Å². The third kappa shape index (κ3) is 4.70. The lowest BCUT2D eigenvalue weighted by atomic mass is 10.2. The van der Waals surface area contributed by atoms with Gasteiger partial charge < -0.3 is 10.2 Å². The van der Waals surface area contributed by atoms with Crippen LogP contribution in [0.1, 0.15) is 5.56 Å². The minimum atomic E-state index is 0.662. The smallest absolute Gasteiger partial charge is 0.173 e. The minimum Gasteiger partial charge on any atom is -0.346 e. The summed E-state index contributed by atoms with van der Waals surface area (Å²) in [5, 5.41) is 4.65. The van der Waals surface area contributed by atoms with Gasteiger partial charge in [0.2, 0.25) is 0 Å². The lowest BCUT2D eigenvalue weighted by molar-refractivity contribution is 0.177. The van der Waals surface area contributed by atoms with Crippen molar-refractivity contribution in [1.82, 2.24) is 9.80 Å². The summed E-state index contributed by atoms with van der Waals surface area (Å²) < 4.78 is 0.957. The van der Waals surface area contributed by atoms with E-state index in [1.807, 2.05) is 18.2 Å². The van der Waals surface area contributed by atoms with Gasteiger partial charge in [-0.3, -0.25) is 4.90 Å². The topological polar surface area (TPSA) is 18.5 Å². The number of anilines is 1. The lowest BCUT2D eigenvalue weighted by Crippen LogP contribution is -2.49. The van der Waals surface area contributed by atoms with Gasteiger partial charge in [0.15, 0.2) is 5.11 Å². The maximum absolute atomic E-state index is 6.25. The second kappa shape index (κ2) is 8.30. The maximum atomic E-state index is 6.25. The van der Waals surface area contributed by atoms with E-state index in [-0.39, 0.29) is 0 Å². The van der Waals surface area contributed by atoms with Crippen molar-refractivity contribution < 1.29 is 0 Å². The first-order valence-electron chi connectivity index (χ1n) is 7.89. The van der Waals surface area contributed by atoms with Crippen LogP contribution in [-0.2, 0) is 6.54 Å². The molecule has 6 heteroatoms. The van der Waals surface area contributed by atoms with E-state index in [4.69, 9.17) is 23.8 Å². The van der Waals surface area contributed by atoms with Crippen LogP contribution in [0.25, 0.3) is 0 Å². The van der Waals surface area contributed by atoms with Crippen LogP contribution in [0.2, 0.25) is 5.02 Å². The van der Waals surface area contributed by atoms with Gasteiger partial charge in [0.05, 0.1) is 10.7 Å². The largest absolute Gasteiger partial charge is 0.346 e. The molecule has 2 aromatic rings. The number of hydrogen-bond donors (Lipinski definition) is 1. The van der Waals surface area contributed by atoms with Gasteiger partial charge in [-0.2, -0.15) is 0 Å². The summed E-state index contributed by atoms with van der Waals surface area (Å²) >= 11 is 15.2. The molecule has 126 valence electrons. The average Bonchev–Trinajstić information content (AvgIpc) is 2.59. The SMILES string of the molecule is S=C(Nc1ccc(Br)cc1Cl)N1CCN(Cc2ccccc2)CC1. The van der Waals surface area contributed by atoms with Gasteiger partial charge in [0.25, 0.3) is 0 Å². The van der Waals surface area contributed by atoms with Gasteiger partial charge in [0, 0.05) is 37.2 Å². The molecule has 1 aliphatic rings. The van der Waals surface area contributed by atoms with Crippen molar-refractivity contribution in [3.8, 4) is 0 Å². The number of benzene rings is 2. The van der Waals surface area contributed by atoms with Gasteiger partial charge in [0.1, 0.15) is 0 Å². The number of rotatable bonds is 3. The molecule has 24 heavy (non-hydrogen) atoms. The first-order chi connectivity index (χ1) is 11.6. The molecule has 3 rings (SSSR count). The van der Waals surface area contributed by atoms with E-state index in [9.17, 15) is 0 Å². The molecule has 1 N–H and O–H groups in total. The van der Waals surface area contributed by atoms with Gasteiger partial charge >= 0.3 is 0 Å². The first-order valence-corrected chi connectivity index (χ1v) is 9.47. The van der Waals surface area contributed by atoms with Crippen LogP contribution < -0.4 is 5.32 Å². The zero-order valence-electron chi connectivity index (χ0n) is 13.2. The van der Waals surface area contributed by atoms with Crippen molar-refractivity contribution in [2.24, 2.45) is 0 Å². The van der Waals surface area contributed by atoms with Crippen LogP contribution in [0.5, 0.6) is 0 Å². The second-order valence-electron chi connectivity index (χ2n) is 5.80. The molecule has 3 nitrogen and oxygen atoms in total. The fourth-order valence-electron chi connectivity index (χ4n) is 2.74. The third-order valence-electron chi connectivity index (χ3n) is 4.08. The van der Waals surface area contributed by atoms with Crippen LogP contribution in [0.3, 0.4) is 0 Å². The number of piperazine rings is 1. The van der Waals surface area contributed by atoms with E-state index >= 15 is 0 Å². The highest BCUT2D eigenvalue weighted by Gasteiger charge is 2.19. The summed E-state index contributed by atoms with van der Waals surface area (Å²) in [7, 11) is 0. The molecule has 0 unspecified atom stereocenters. The molecule has 0 aliphatic carbocycles. The summed E-state index contributed by atoms with van der Waals surface area (Å²) in [4.78, 5) is 4.66. The highest BCUT2D eigenvalue weighted by molar-refractivity contribution is 9.10. The highest BCUT2D eigenvalue weighted by Crippen LogP contribution is 2.26. The normalized spacial score (nSPS) is 15.3. The molecular weight excluding hydrogens is 406 g/mol. The molecule has 1 saturated heterocycles. The number of halogens is 2. The van der Waals surface area contributed by atoms with Gasteiger partial charge in [-0.15, -0.1) is 0 Å². The van der Waals surface area contributed by atoms with Crippen LogP contribution in [0, 0.1) is 0 Å². The number of nitrogens with one attached hydrogen (secondary N) is 1. The molecule has 0 bridgehead atoms. The Balaban J connectivity index is 1.51. The number of hydrogen-bond acceptors (Lipinski definition) is 2. The average molecular weight is 425 g/mol. The minimum absolute atomic E-state index is 0.662. The maximum Gasteiger partial charge on any atom is 0.173 e. The molecule has 0 radical (unpaired) electrons. The Labute approximate surface area is 161 Å². The van der Waals surface area contributed by atoms with Crippen molar-refractivity contribution >= 4 is 50.5 Å². The zero-order chi connectivity index (χ0) is 16.9. The molecule has 1 heterocycles. The first kappa shape index (κ1) is 17.7. The zero-order valence-corrected chi connectivity index (χ0v) is 16.4. The number of nitrogens with zero attached hydrogens (tertiary/aromatic N) is 2. The monoisotopic (exact) mass is 423 g/mol. The molecule has 1 fully saturated rings.